The van der Waals surface area contributed by atoms with Gasteiger partial charge in [0.05, 0.1) is 0 Å². The van der Waals surface area contributed by atoms with E-state index in [2.05, 4.69) is 16.0 Å². The SMILES string of the molecule is CC(=O)N(O)C(=N)c1ccc(Oc2cc(Oc3c(F)cc(CNC(=O)OC(C)(C)C)cc3F)cc(C(=O)NC3CCC(NC(=O)OC(C)(C)C)CC3)c2)cc1. The molecule has 16 heteroatoms. The summed E-state index contributed by atoms with van der Waals surface area (Å²) in [5.41, 5.74) is -1.04. The van der Waals surface area contributed by atoms with E-state index < -0.39 is 58.4 Å². The number of hydrogen-bond donors (Lipinski definition) is 5. The molecule has 0 saturated heterocycles. The van der Waals surface area contributed by atoms with Crippen molar-refractivity contribution >= 4 is 29.8 Å². The molecular formula is C39H47F2N5O9. The molecule has 5 N–H and O–H groups in total. The average Bonchev–Trinajstić information content (AvgIpc) is 3.07. The van der Waals surface area contributed by atoms with Gasteiger partial charge in [-0.05, 0) is 121 Å². The second-order valence-electron chi connectivity index (χ2n) is 15.0. The Labute approximate surface area is 317 Å². The van der Waals surface area contributed by atoms with Crippen LogP contribution in [-0.2, 0) is 20.8 Å². The Balaban J connectivity index is 1.53. The van der Waals surface area contributed by atoms with Crippen LogP contribution in [0.15, 0.2) is 54.6 Å². The normalized spacial score (nSPS) is 15.6. The van der Waals surface area contributed by atoms with Crippen LogP contribution in [0, 0.1) is 17.0 Å². The van der Waals surface area contributed by atoms with Gasteiger partial charge >= 0.3 is 12.2 Å². The molecule has 4 amide bonds. The topological polar surface area (TPSA) is 189 Å². The summed E-state index contributed by atoms with van der Waals surface area (Å²) in [4.78, 5) is 49.3. The van der Waals surface area contributed by atoms with Crippen LogP contribution >= 0.6 is 0 Å². The second-order valence-corrected chi connectivity index (χ2v) is 15.0. The molecule has 296 valence electrons. The zero-order valence-electron chi connectivity index (χ0n) is 31.8. The van der Waals surface area contributed by atoms with E-state index >= 15 is 8.78 Å². The van der Waals surface area contributed by atoms with E-state index in [1.54, 1.807) is 41.5 Å². The van der Waals surface area contributed by atoms with Gasteiger partial charge in [0.15, 0.2) is 23.2 Å². The predicted molar refractivity (Wildman–Crippen MR) is 196 cm³/mol. The minimum Gasteiger partial charge on any atom is -0.457 e. The molecule has 1 aliphatic carbocycles. The lowest BCUT2D eigenvalue weighted by atomic mass is 9.91. The number of benzene rings is 3. The highest BCUT2D eigenvalue weighted by Gasteiger charge is 2.27. The fourth-order valence-corrected chi connectivity index (χ4v) is 5.46. The first-order valence-electron chi connectivity index (χ1n) is 17.6. The highest BCUT2D eigenvalue weighted by atomic mass is 19.1. The van der Waals surface area contributed by atoms with Crippen molar-refractivity contribution in [2.24, 2.45) is 0 Å². The van der Waals surface area contributed by atoms with Gasteiger partial charge in [-0.1, -0.05) is 0 Å². The predicted octanol–water partition coefficient (Wildman–Crippen LogP) is 7.70. The lowest BCUT2D eigenvalue weighted by Gasteiger charge is -2.30. The lowest BCUT2D eigenvalue weighted by molar-refractivity contribution is -0.146. The summed E-state index contributed by atoms with van der Waals surface area (Å²) in [7, 11) is 0. The number of rotatable bonds is 10. The van der Waals surface area contributed by atoms with Crippen molar-refractivity contribution in [2.45, 2.75) is 104 Å². The zero-order valence-corrected chi connectivity index (χ0v) is 31.8. The molecule has 55 heavy (non-hydrogen) atoms. The number of nitrogens with zero attached hydrogens (tertiary/aromatic N) is 1. The molecule has 0 radical (unpaired) electrons. The zero-order chi connectivity index (χ0) is 40.7. The molecule has 1 aliphatic rings. The molecule has 0 unspecified atom stereocenters. The van der Waals surface area contributed by atoms with Crippen molar-refractivity contribution in [1.29, 1.82) is 5.41 Å². The molecule has 0 aromatic heterocycles. The summed E-state index contributed by atoms with van der Waals surface area (Å²) in [6.45, 7) is 11.2. The molecule has 0 spiro atoms. The Morgan fingerprint density at radius 3 is 1.78 bits per heavy atom. The summed E-state index contributed by atoms with van der Waals surface area (Å²) >= 11 is 0. The van der Waals surface area contributed by atoms with Crippen LogP contribution in [0.2, 0.25) is 0 Å². The molecular weight excluding hydrogens is 720 g/mol. The van der Waals surface area contributed by atoms with Crippen molar-refractivity contribution in [1.82, 2.24) is 21.0 Å². The summed E-state index contributed by atoms with van der Waals surface area (Å²) in [6, 6.07) is 11.4. The van der Waals surface area contributed by atoms with Crippen LogP contribution < -0.4 is 25.4 Å². The van der Waals surface area contributed by atoms with E-state index in [4.69, 9.17) is 24.4 Å². The van der Waals surface area contributed by atoms with E-state index in [1.807, 2.05) is 0 Å². The first-order chi connectivity index (χ1) is 25.7. The molecule has 14 nitrogen and oxygen atoms in total. The van der Waals surface area contributed by atoms with Gasteiger partial charge in [-0.25, -0.2) is 18.4 Å². The maximum atomic E-state index is 15.3. The highest BCUT2D eigenvalue weighted by molar-refractivity contribution is 6.04. The van der Waals surface area contributed by atoms with E-state index in [1.165, 1.54) is 42.5 Å². The minimum absolute atomic E-state index is 0.0521. The first-order valence-corrected chi connectivity index (χ1v) is 17.6. The number of hydroxylamine groups is 2. The van der Waals surface area contributed by atoms with E-state index in [0.29, 0.717) is 25.7 Å². The summed E-state index contributed by atoms with van der Waals surface area (Å²) in [5, 5.41) is 26.3. The number of nitrogens with one attached hydrogen (secondary N) is 4. The van der Waals surface area contributed by atoms with Gasteiger partial charge in [-0.15, -0.1) is 0 Å². The van der Waals surface area contributed by atoms with Crippen LogP contribution in [-0.4, -0.2) is 63.4 Å². The molecule has 0 atom stereocenters. The Morgan fingerprint density at radius 1 is 0.745 bits per heavy atom. The third kappa shape index (κ3) is 12.9. The fraction of sp³-hybridized carbons (Fsp3) is 0.410. The van der Waals surface area contributed by atoms with Crippen molar-refractivity contribution < 1.29 is 52.1 Å². The van der Waals surface area contributed by atoms with Crippen molar-refractivity contribution in [3.63, 3.8) is 0 Å². The molecule has 0 bridgehead atoms. The first kappa shape index (κ1) is 42.0. The maximum absolute atomic E-state index is 15.3. The van der Waals surface area contributed by atoms with E-state index in [9.17, 15) is 24.4 Å². The Kier molecular flexibility index (Phi) is 13.4. The van der Waals surface area contributed by atoms with Gasteiger partial charge in [-0.3, -0.25) is 20.2 Å². The van der Waals surface area contributed by atoms with Crippen molar-refractivity contribution in [2.75, 3.05) is 0 Å². The van der Waals surface area contributed by atoms with Gasteiger partial charge in [-0.2, -0.15) is 5.06 Å². The molecule has 1 saturated carbocycles. The summed E-state index contributed by atoms with van der Waals surface area (Å²) in [5.74, 6) is -4.49. The fourth-order valence-electron chi connectivity index (χ4n) is 5.46. The number of carbonyl (C=O) groups excluding carboxylic acids is 4. The molecule has 0 heterocycles. The van der Waals surface area contributed by atoms with Crippen molar-refractivity contribution in [3.05, 3.63) is 82.9 Å². The average molecular weight is 768 g/mol. The van der Waals surface area contributed by atoms with E-state index in [0.717, 1.165) is 19.1 Å². The Morgan fingerprint density at radius 2 is 1.25 bits per heavy atom. The number of amides is 4. The Hall–Kier alpha value is -5.77. The number of halogens is 2. The monoisotopic (exact) mass is 767 g/mol. The minimum atomic E-state index is -1.07. The summed E-state index contributed by atoms with van der Waals surface area (Å²) in [6.07, 6.45) is 1.04. The van der Waals surface area contributed by atoms with Gasteiger partial charge in [0.25, 0.3) is 5.91 Å². The van der Waals surface area contributed by atoms with Gasteiger partial charge in [0, 0.05) is 42.7 Å². The van der Waals surface area contributed by atoms with E-state index in [-0.39, 0.29) is 57.6 Å². The number of hydrogen-bond acceptors (Lipinski definition) is 10. The molecule has 0 aliphatic heterocycles. The van der Waals surface area contributed by atoms with Gasteiger partial charge in [0.2, 0.25) is 5.91 Å². The van der Waals surface area contributed by atoms with Crippen LogP contribution in [0.5, 0.6) is 23.0 Å². The van der Waals surface area contributed by atoms with Crippen molar-refractivity contribution in [3.8, 4) is 23.0 Å². The number of ether oxygens (including phenoxy) is 4. The van der Waals surface area contributed by atoms with Crippen LogP contribution in [0.4, 0.5) is 18.4 Å². The number of alkyl carbamates (subject to hydrolysis) is 2. The van der Waals surface area contributed by atoms with Gasteiger partial charge < -0.3 is 34.9 Å². The number of carbonyl (C=O) groups is 4. The molecule has 1 fully saturated rings. The molecule has 3 aromatic rings. The molecule has 4 rings (SSSR count). The molecule has 3 aromatic carbocycles. The quantitative estimate of drug-likeness (QED) is 0.0596. The largest absolute Gasteiger partial charge is 0.457 e. The Bertz CT molecular complexity index is 1880. The second kappa shape index (κ2) is 17.6. The highest BCUT2D eigenvalue weighted by Crippen LogP contribution is 2.34. The summed E-state index contributed by atoms with van der Waals surface area (Å²) < 4.78 is 52.7. The lowest BCUT2D eigenvalue weighted by Crippen LogP contribution is -2.45. The van der Waals surface area contributed by atoms with Crippen LogP contribution in [0.25, 0.3) is 0 Å². The third-order valence-electron chi connectivity index (χ3n) is 7.91. The van der Waals surface area contributed by atoms with Crippen LogP contribution in [0.3, 0.4) is 0 Å². The van der Waals surface area contributed by atoms with Crippen LogP contribution in [0.1, 0.15) is 95.6 Å². The standard InChI is InChI=1S/C39H47F2N5O9/c1-22(47)46(51)34(42)24-8-14-28(15-9-24)52-29-18-25(35(48)44-26-10-12-27(13-11-26)45-37(50)55-39(5,6)7)19-30(20-29)53-33-31(40)16-23(17-32(33)41)21-43-36(49)54-38(2,3)4/h8-9,14-20,26-27,42,51H,10-13,21H2,1-7H3,(H,43,49)(H,44,48)(H,45,50). The number of amidine groups is 1. The maximum Gasteiger partial charge on any atom is 0.407 e. The smallest absolute Gasteiger partial charge is 0.407 e. The third-order valence-corrected chi connectivity index (χ3v) is 7.91. The van der Waals surface area contributed by atoms with Gasteiger partial charge in [0.1, 0.15) is 28.5 Å².